The minimum atomic E-state index is 0.218. The number of nitrogens with zero attached hydrogens (tertiary/aromatic N) is 3. The predicted octanol–water partition coefficient (Wildman–Crippen LogP) is 4.65. The van der Waals surface area contributed by atoms with Crippen LogP contribution in [0.2, 0.25) is 0 Å². The molecule has 2 aromatic carbocycles. The molecule has 1 aliphatic rings. The molecule has 0 bridgehead atoms. The van der Waals surface area contributed by atoms with Crippen molar-refractivity contribution in [3.05, 3.63) is 67.0 Å². The molecule has 9 nitrogen and oxygen atoms in total. The van der Waals surface area contributed by atoms with Crippen LogP contribution in [0.3, 0.4) is 0 Å². The van der Waals surface area contributed by atoms with Crippen LogP contribution in [-0.4, -0.2) is 48.4 Å². The van der Waals surface area contributed by atoms with E-state index in [1.54, 1.807) is 19.5 Å². The summed E-state index contributed by atoms with van der Waals surface area (Å²) >= 11 is 0. The zero-order chi connectivity index (χ0) is 24.5. The number of nitrogens with one attached hydrogen (secondary N) is 2. The Morgan fingerprint density at radius 1 is 0.886 bits per heavy atom. The molecule has 35 heavy (non-hydrogen) atoms. The lowest BCUT2D eigenvalue weighted by Crippen LogP contribution is -2.25. The first kappa shape index (κ1) is 24.2. The summed E-state index contributed by atoms with van der Waals surface area (Å²) in [5.74, 6) is 2.80. The molecule has 0 amide bonds. The molecule has 1 aliphatic heterocycles. The number of nitrogens with two attached hydrogens (primary N) is 1. The van der Waals surface area contributed by atoms with Gasteiger partial charge in [0, 0.05) is 36.2 Å². The van der Waals surface area contributed by atoms with E-state index < -0.39 is 0 Å². The quantitative estimate of drug-likeness (QED) is 0.352. The number of anilines is 4. The van der Waals surface area contributed by atoms with Crippen molar-refractivity contribution in [2.24, 2.45) is 5.73 Å². The molecule has 1 saturated heterocycles. The highest BCUT2D eigenvalue weighted by atomic mass is 16.5. The van der Waals surface area contributed by atoms with Gasteiger partial charge in [-0.1, -0.05) is 0 Å². The fourth-order valence-electron chi connectivity index (χ4n) is 3.67. The van der Waals surface area contributed by atoms with Crippen LogP contribution >= 0.6 is 0 Å². The van der Waals surface area contributed by atoms with Crippen LogP contribution in [0.4, 0.5) is 23.1 Å². The number of fused-ring (bicyclic) bond motifs is 1. The zero-order valence-corrected chi connectivity index (χ0v) is 19.9. The summed E-state index contributed by atoms with van der Waals surface area (Å²) in [6, 6.07) is 17.5. The summed E-state index contributed by atoms with van der Waals surface area (Å²) in [5, 5.41) is 7.54. The summed E-state index contributed by atoms with van der Waals surface area (Å²) in [7, 11) is 3.15. The van der Waals surface area contributed by atoms with E-state index >= 15 is 0 Å². The topological polar surface area (TPSA) is 116 Å². The zero-order valence-electron chi connectivity index (χ0n) is 19.9. The number of methoxy groups -OCH3 is 1. The normalized spacial score (nSPS) is 13.5. The Bertz CT molecular complexity index is 1230. The van der Waals surface area contributed by atoms with Crippen LogP contribution in [0, 0.1) is 0 Å². The smallest absolute Gasteiger partial charge is 0.229 e. The maximum absolute atomic E-state index is 6.03. The monoisotopic (exact) mass is 474 g/mol. The summed E-state index contributed by atoms with van der Waals surface area (Å²) in [6.45, 7) is 1.52. The molecule has 0 aliphatic carbocycles. The summed E-state index contributed by atoms with van der Waals surface area (Å²) in [5.41, 5.74) is 7.09. The highest BCUT2D eigenvalue weighted by molar-refractivity contribution is 5.83. The van der Waals surface area contributed by atoms with Crippen LogP contribution in [0.1, 0.15) is 12.8 Å². The Kier molecular flexibility index (Phi) is 8.26. The summed E-state index contributed by atoms with van der Waals surface area (Å²) in [6.07, 6.45) is 5.55. The third-order valence-corrected chi connectivity index (χ3v) is 5.40. The molecule has 5 rings (SSSR count). The number of rotatable bonds is 7. The van der Waals surface area contributed by atoms with Crippen molar-refractivity contribution in [1.82, 2.24) is 15.0 Å². The van der Waals surface area contributed by atoms with Crippen molar-refractivity contribution in [3.63, 3.8) is 0 Å². The molecule has 182 valence electrons. The molecule has 0 saturated carbocycles. The van der Waals surface area contributed by atoms with Gasteiger partial charge in [0.1, 0.15) is 23.4 Å². The van der Waals surface area contributed by atoms with Gasteiger partial charge in [0.2, 0.25) is 5.95 Å². The highest BCUT2D eigenvalue weighted by Gasteiger charge is 2.15. The average molecular weight is 475 g/mol. The van der Waals surface area contributed by atoms with Crippen LogP contribution < -0.4 is 25.8 Å². The standard InChI is InChI=1S/C25H25N5O3.CH5N/c1-31-22-5-2-17-14-19(16-27-23(17)15-22)28-24-8-11-26-25(30-24)29-18-3-6-20(7-4-18)33-21-9-12-32-13-10-21;1-2/h2-8,11,14-16,21H,9-10,12-13H2,1H3,(H2,26,28,29,30);2H2,1H3. The number of pyridine rings is 1. The molecule has 4 N–H and O–H groups in total. The summed E-state index contributed by atoms with van der Waals surface area (Å²) in [4.78, 5) is 13.4. The van der Waals surface area contributed by atoms with Gasteiger partial charge in [0.25, 0.3) is 0 Å². The molecule has 1 fully saturated rings. The summed E-state index contributed by atoms with van der Waals surface area (Å²) < 4.78 is 16.7. The van der Waals surface area contributed by atoms with Gasteiger partial charge in [-0.15, -0.1) is 0 Å². The van der Waals surface area contributed by atoms with E-state index in [2.05, 4.69) is 31.3 Å². The van der Waals surface area contributed by atoms with Gasteiger partial charge in [-0.3, -0.25) is 4.98 Å². The number of hydrogen-bond acceptors (Lipinski definition) is 9. The van der Waals surface area contributed by atoms with E-state index in [0.717, 1.165) is 59.8 Å². The van der Waals surface area contributed by atoms with E-state index in [0.29, 0.717) is 11.8 Å². The van der Waals surface area contributed by atoms with Crippen LogP contribution in [0.25, 0.3) is 10.9 Å². The van der Waals surface area contributed by atoms with E-state index in [-0.39, 0.29) is 6.10 Å². The Morgan fingerprint density at radius 2 is 1.66 bits per heavy atom. The Balaban J connectivity index is 0.00000141. The lowest BCUT2D eigenvalue weighted by atomic mass is 10.1. The van der Waals surface area contributed by atoms with Crippen LogP contribution in [0.5, 0.6) is 11.5 Å². The van der Waals surface area contributed by atoms with E-state index in [1.165, 1.54) is 7.05 Å². The number of ether oxygens (including phenoxy) is 3. The van der Waals surface area contributed by atoms with Gasteiger partial charge in [-0.05, 0) is 55.6 Å². The second-order valence-corrected chi connectivity index (χ2v) is 7.75. The van der Waals surface area contributed by atoms with Gasteiger partial charge in [0.05, 0.1) is 37.7 Å². The van der Waals surface area contributed by atoms with Crippen molar-refractivity contribution < 1.29 is 14.2 Å². The minimum Gasteiger partial charge on any atom is -0.497 e. The molecule has 0 unspecified atom stereocenters. The van der Waals surface area contributed by atoms with Gasteiger partial charge >= 0.3 is 0 Å². The highest BCUT2D eigenvalue weighted by Crippen LogP contribution is 2.25. The molecule has 0 atom stereocenters. The Hall–Kier alpha value is -3.95. The third kappa shape index (κ3) is 6.56. The Labute approximate surface area is 204 Å². The SMILES string of the molecule is CN.COc1ccc2cc(Nc3ccnc(Nc4ccc(OC5CCOCC5)cc4)n3)cnc2c1. The van der Waals surface area contributed by atoms with Gasteiger partial charge in [-0.25, -0.2) is 4.98 Å². The maximum atomic E-state index is 6.03. The predicted molar refractivity (Wildman–Crippen MR) is 138 cm³/mol. The Morgan fingerprint density at radius 3 is 2.43 bits per heavy atom. The van der Waals surface area contributed by atoms with E-state index in [4.69, 9.17) is 14.2 Å². The molecular formula is C26H30N6O3. The lowest BCUT2D eigenvalue weighted by molar-refractivity contribution is 0.0256. The van der Waals surface area contributed by atoms with Crippen molar-refractivity contribution in [3.8, 4) is 11.5 Å². The molecule has 4 aromatic rings. The second-order valence-electron chi connectivity index (χ2n) is 7.75. The van der Waals surface area contributed by atoms with Crippen molar-refractivity contribution in [2.45, 2.75) is 18.9 Å². The van der Waals surface area contributed by atoms with Crippen molar-refractivity contribution in [2.75, 3.05) is 38.0 Å². The molecule has 0 radical (unpaired) electrons. The number of benzene rings is 2. The number of hydrogen-bond donors (Lipinski definition) is 3. The molecular weight excluding hydrogens is 444 g/mol. The maximum Gasteiger partial charge on any atom is 0.229 e. The first-order chi connectivity index (χ1) is 17.2. The van der Waals surface area contributed by atoms with Crippen LogP contribution in [-0.2, 0) is 4.74 Å². The van der Waals surface area contributed by atoms with Gasteiger partial charge in [0.15, 0.2) is 0 Å². The fourth-order valence-corrected chi connectivity index (χ4v) is 3.67. The largest absolute Gasteiger partial charge is 0.497 e. The molecule has 0 spiro atoms. The third-order valence-electron chi connectivity index (χ3n) is 5.40. The first-order valence-electron chi connectivity index (χ1n) is 11.5. The second kappa shape index (κ2) is 12.0. The first-order valence-corrected chi connectivity index (χ1v) is 11.5. The van der Waals surface area contributed by atoms with Crippen LogP contribution in [0.15, 0.2) is 67.0 Å². The lowest BCUT2D eigenvalue weighted by Gasteiger charge is -2.23. The van der Waals surface area contributed by atoms with Gasteiger partial charge in [-0.2, -0.15) is 4.98 Å². The molecule has 9 heteroatoms. The van der Waals surface area contributed by atoms with Crippen molar-refractivity contribution >= 4 is 34.0 Å². The fraction of sp³-hybridized carbons (Fsp3) is 0.269. The van der Waals surface area contributed by atoms with E-state index in [9.17, 15) is 0 Å². The average Bonchev–Trinajstić information content (AvgIpc) is 2.91. The minimum absolute atomic E-state index is 0.218. The molecule has 2 aromatic heterocycles. The molecule has 3 heterocycles. The van der Waals surface area contributed by atoms with E-state index in [1.807, 2.05) is 54.6 Å². The van der Waals surface area contributed by atoms with Gasteiger partial charge < -0.3 is 30.6 Å². The number of aromatic nitrogens is 3. The van der Waals surface area contributed by atoms with Crippen molar-refractivity contribution in [1.29, 1.82) is 0 Å².